The van der Waals surface area contributed by atoms with E-state index < -0.39 is 6.04 Å². The molecule has 1 aromatic carbocycles. The van der Waals surface area contributed by atoms with E-state index in [0.29, 0.717) is 26.1 Å². The average Bonchev–Trinajstić information content (AvgIpc) is 2.96. The normalized spacial score (nSPS) is 21.4. The maximum absolute atomic E-state index is 12.9. The van der Waals surface area contributed by atoms with E-state index >= 15 is 0 Å². The molecule has 0 bridgehead atoms. The lowest BCUT2D eigenvalue weighted by Gasteiger charge is -2.26. The molecule has 0 saturated carbocycles. The Hall–Kier alpha value is -2.08. The van der Waals surface area contributed by atoms with E-state index in [9.17, 15) is 9.59 Å². The van der Waals surface area contributed by atoms with E-state index in [1.807, 2.05) is 29.2 Å². The van der Waals surface area contributed by atoms with Crippen LogP contribution in [0.4, 0.5) is 0 Å². The molecular weight excluding hydrogens is 306 g/mol. The lowest BCUT2D eigenvalue weighted by molar-refractivity contribution is -0.135. The molecule has 0 spiro atoms. The van der Waals surface area contributed by atoms with E-state index in [-0.39, 0.29) is 17.2 Å². The van der Waals surface area contributed by atoms with Crippen LogP contribution in [0.3, 0.4) is 0 Å². The van der Waals surface area contributed by atoms with Crippen molar-refractivity contribution in [3.63, 3.8) is 0 Å². The van der Waals surface area contributed by atoms with Crippen LogP contribution in [-0.2, 0) is 16.0 Å². The molecule has 0 aromatic heterocycles. The van der Waals surface area contributed by atoms with Crippen molar-refractivity contribution in [1.29, 1.82) is 0 Å². The van der Waals surface area contributed by atoms with Gasteiger partial charge >= 0.3 is 0 Å². The highest BCUT2D eigenvalue weighted by Gasteiger charge is 2.37. The Morgan fingerprint density at radius 2 is 2.21 bits per heavy atom. The number of benzene rings is 1. The SMILES string of the molecule is COc1cccc(CC(NC(C)=O)C(=O)N2CCC(C)(CN)C2)c1. The standard InChI is InChI=1S/C18H27N3O3/c1-13(22)20-16(10-14-5-4-6-15(9-14)24-3)17(23)21-8-7-18(2,11-19)12-21/h4-6,9,16H,7-8,10-12,19H2,1-3H3,(H,20,22). The fourth-order valence-corrected chi connectivity index (χ4v) is 3.08. The molecule has 6 nitrogen and oxygen atoms in total. The summed E-state index contributed by atoms with van der Waals surface area (Å²) in [6.07, 6.45) is 1.33. The quantitative estimate of drug-likeness (QED) is 0.811. The number of nitrogens with two attached hydrogens (primary N) is 1. The van der Waals surface area contributed by atoms with Crippen LogP contribution in [0.2, 0.25) is 0 Å². The minimum Gasteiger partial charge on any atom is -0.497 e. The second-order valence-corrected chi connectivity index (χ2v) is 6.83. The molecule has 132 valence electrons. The van der Waals surface area contributed by atoms with Crippen LogP contribution in [-0.4, -0.2) is 49.5 Å². The van der Waals surface area contributed by atoms with Crippen molar-refractivity contribution < 1.29 is 14.3 Å². The molecule has 1 heterocycles. The fourth-order valence-electron chi connectivity index (χ4n) is 3.08. The van der Waals surface area contributed by atoms with Crippen molar-refractivity contribution in [1.82, 2.24) is 10.2 Å². The molecule has 6 heteroatoms. The Bertz CT molecular complexity index is 605. The number of likely N-dealkylation sites (tertiary alicyclic amines) is 1. The maximum atomic E-state index is 12.9. The van der Waals surface area contributed by atoms with Crippen LogP contribution in [0, 0.1) is 5.41 Å². The van der Waals surface area contributed by atoms with Crippen molar-refractivity contribution in [2.45, 2.75) is 32.7 Å². The third-order valence-corrected chi connectivity index (χ3v) is 4.61. The van der Waals surface area contributed by atoms with Gasteiger partial charge in [0, 0.05) is 26.4 Å². The lowest BCUT2D eigenvalue weighted by Crippen LogP contribution is -2.49. The molecule has 24 heavy (non-hydrogen) atoms. The zero-order valence-electron chi connectivity index (χ0n) is 14.7. The number of ether oxygens (including phenoxy) is 1. The molecule has 3 N–H and O–H groups in total. The summed E-state index contributed by atoms with van der Waals surface area (Å²) in [5.41, 5.74) is 6.73. The number of methoxy groups -OCH3 is 1. The van der Waals surface area contributed by atoms with Gasteiger partial charge in [0.15, 0.2) is 0 Å². The summed E-state index contributed by atoms with van der Waals surface area (Å²) >= 11 is 0. The smallest absolute Gasteiger partial charge is 0.245 e. The Morgan fingerprint density at radius 1 is 1.46 bits per heavy atom. The molecule has 2 rings (SSSR count). The van der Waals surface area contributed by atoms with Crippen molar-refractivity contribution >= 4 is 11.8 Å². The predicted molar refractivity (Wildman–Crippen MR) is 92.7 cm³/mol. The number of hydrogen-bond acceptors (Lipinski definition) is 4. The number of nitrogens with one attached hydrogen (secondary N) is 1. The highest BCUT2D eigenvalue weighted by Crippen LogP contribution is 2.29. The molecule has 1 aromatic rings. The summed E-state index contributed by atoms with van der Waals surface area (Å²) in [6.45, 7) is 5.39. The van der Waals surface area contributed by atoms with Crippen LogP contribution in [0.1, 0.15) is 25.8 Å². The van der Waals surface area contributed by atoms with Gasteiger partial charge in [0.05, 0.1) is 7.11 Å². The molecule has 1 aliphatic rings. The summed E-state index contributed by atoms with van der Waals surface area (Å²) in [5.74, 6) is 0.473. The second-order valence-electron chi connectivity index (χ2n) is 6.83. The van der Waals surface area contributed by atoms with E-state index in [4.69, 9.17) is 10.5 Å². The van der Waals surface area contributed by atoms with Gasteiger partial charge in [0.2, 0.25) is 11.8 Å². The Balaban J connectivity index is 2.12. The molecule has 0 aliphatic carbocycles. The molecule has 1 saturated heterocycles. The van der Waals surface area contributed by atoms with E-state index in [1.54, 1.807) is 7.11 Å². The fraction of sp³-hybridized carbons (Fsp3) is 0.556. The summed E-state index contributed by atoms with van der Waals surface area (Å²) in [6, 6.07) is 6.97. The average molecular weight is 333 g/mol. The monoisotopic (exact) mass is 333 g/mol. The third kappa shape index (κ3) is 4.47. The Morgan fingerprint density at radius 3 is 2.79 bits per heavy atom. The molecule has 1 aliphatic heterocycles. The number of rotatable bonds is 6. The number of amides is 2. The Labute approximate surface area is 143 Å². The van der Waals surface area contributed by atoms with Crippen LogP contribution < -0.4 is 15.8 Å². The lowest BCUT2D eigenvalue weighted by atomic mass is 9.90. The first-order valence-electron chi connectivity index (χ1n) is 8.26. The molecular formula is C18H27N3O3. The number of carbonyl (C=O) groups excluding carboxylic acids is 2. The first-order chi connectivity index (χ1) is 11.4. The second kappa shape index (κ2) is 7.66. The highest BCUT2D eigenvalue weighted by molar-refractivity contribution is 5.87. The van der Waals surface area contributed by atoms with Crippen molar-refractivity contribution in [3.05, 3.63) is 29.8 Å². The van der Waals surface area contributed by atoms with Gasteiger partial charge < -0.3 is 20.7 Å². The highest BCUT2D eigenvalue weighted by atomic mass is 16.5. The summed E-state index contributed by atoms with van der Waals surface area (Å²) in [4.78, 5) is 26.2. The van der Waals surface area contributed by atoms with Crippen LogP contribution in [0.25, 0.3) is 0 Å². The van der Waals surface area contributed by atoms with Crippen molar-refractivity contribution in [2.24, 2.45) is 11.1 Å². The van der Waals surface area contributed by atoms with Gasteiger partial charge in [-0.25, -0.2) is 0 Å². The van der Waals surface area contributed by atoms with Gasteiger partial charge in [0.1, 0.15) is 11.8 Å². The van der Waals surface area contributed by atoms with Gasteiger partial charge in [-0.2, -0.15) is 0 Å². The summed E-state index contributed by atoms with van der Waals surface area (Å²) < 4.78 is 5.22. The van der Waals surface area contributed by atoms with E-state index in [2.05, 4.69) is 12.2 Å². The number of nitrogens with zero attached hydrogens (tertiary/aromatic N) is 1. The van der Waals surface area contributed by atoms with Crippen LogP contribution in [0.15, 0.2) is 24.3 Å². The van der Waals surface area contributed by atoms with Gasteiger partial charge in [-0.15, -0.1) is 0 Å². The van der Waals surface area contributed by atoms with Crippen LogP contribution in [0.5, 0.6) is 5.75 Å². The zero-order valence-corrected chi connectivity index (χ0v) is 14.7. The number of hydrogen-bond donors (Lipinski definition) is 2. The first-order valence-corrected chi connectivity index (χ1v) is 8.26. The van der Waals surface area contributed by atoms with Crippen molar-refractivity contribution in [3.8, 4) is 5.75 Å². The first kappa shape index (κ1) is 18.3. The number of carbonyl (C=O) groups is 2. The predicted octanol–water partition coefficient (Wildman–Crippen LogP) is 0.940. The van der Waals surface area contributed by atoms with Gasteiger partial charge in [-0.05, 0) is 36.1 Å². The Kier molecular flexibility index (Phi) is 5.83. The minimum absolute atomic E-state index is 0.0353. The topological polar surface area (TPSA) is 84.7 Å². The largest absolute Gasteiger partial charge is 0.497 e. The molecule has 2 amide bonds. The van der Waals surface area contributed by atoms with Crippen LogP contribution >= 0.6 is 0 Å². The van der Waals surface area contributed by atoms with Crippen molar-refractivity contribution in [2.75, 3.05) is 26.7 Å². The molecule has 0 radical (unpaired) electrons. The van der Waals surface area contributed by atoms with E-state index in [0.717, 1.165) is 17.7 Å². The molecule has 1 fully saturated rings. The van der Waals surface area contributed by atoms with Gasteiger partial charge in [-0.3, -0.25) is 9.59 Å². The van der Waals surface area contributed by atoms with Gasteiger partial charge in [0.25, 0.3) is 0 Å². The third-order valence-electron chi connectivity index (χ3n) is 4.61. The summed E-state index contributed by atoms with van der Waals surface area (Å²) in [5, 5.41) is 2.79. The maximum Gasteiger partial charge on any atom is 0.245 e. The molecule has 2 unspecified atom stereocenters. The minimum atomic E-state index is -0.574. The van der Waals surface area contributed by atoms with Gasteiger partial charge in [-0.1, -0.05) is 19.1 Å². The van der Waals surface area contributed by atoms with E-state index in [1.165, 1.54) is 6.92 Å². The molecule has 2 atom stereocenters. The summed E-state index contributed by atoms with van der Waals surface area (Å²) in [7, 11) is 1.60. The zero-order chi connectivity index (χ0) is 17.7.